The zero-order chi connectivity index (χ0) is 12.6. The lowest BCUT2D eigenvalue weighted by Crippen LogP contribution is -2.37. The normalized spacial score (nSPS) is 13.6. The topological polar surface area (TPSA) is 78.3 Å². The third-order valence-corrected chi connectivity index (χ3v) is 2.18. The molecule has 0 saturated heterocycles. The Kier molecular flexibility index (Phi) is 7.34. The van der Waals surface area contributed by atoms with Crippen molar-refractivity contribution in [1.29, 1.82) is 0 Å². The Bertz CT molecular complexity index is 200. The first-order valence-electron chi connectivity index (χ1n) is 6.05. The summed E-state index contributed by atoms with van der Waals surface area (Å²) in [4.78, 5) is 11.5. The van der Waals surface area contributed by atoms with Crippen LogP contribution in [0.5, 0.6) is 0 Å². The number of unbranched alkanes of at least 4 members (excludes halogenated alkanes) is 3. The molecule has 0 amide bonds. The largest absolute Gasteiger partial charge is 0.459 e. The summed E-state index contributed by atoms with van der Waals surface area (Å²) in [5.74, 6) is -0.300. The molecule has 0 fully saturated rings. The fraction of sp³-hybridized carbons (Fsp3) is 0.917. The number of rotatable bonds is 7. The van der Waals surface area contributed by atoms with E-state index in [4.69, 9.17) is 16.2 Å². The predicted octanol–water partition coefficient (Wildman–Crippen LogP) is 1.56. The van der Waals surface area contributed by atoms with E-state index in [9.17, 15) is 4.79 Å². The number of carbonyl (C=O) groups excluding carboxylic acids is 1. The van der Waals surface area contributed by atoms with Crippen molar-refractivity contribution in [2.75, 3.05) is 6.54 Å². The van der Waals surface area contributed by atoms with Gasteiger partial charge in [-0.05, 0) is 40.2 Å². The summed E-state index contributed by atoms with van der Waals surface area (Å²) in [6.45, 7) is 6.27. The molecule has 0 saturated carbocycles. The van der Waals surface area contributed by atoms with Crippen molar-refractivity contribution in [3.05, 3.63) is 0 Å². The van der Waals surface area contributed by atoms with E-state index in [0.29, 0.717) is 6.42 Å². The lowest BCUT2D eigenvalue weighted by atomic mass is 10.1. The van der Waals surface area contributed by atoms with Gasteiger partial charge in [-0.1, -0.05) is 19.3 Å². The highest BCUT2D eigenvalue weighted by Crippen LogP contribution is 2.11. The first kappa shape index (κ1) is 15.4. The van der Waals surface area contributed by atoms with Gasteiger partial charge in [-0.15, -0.1) is 0 Å². The fourth-order valence-corrected chi connectivity index (χ4v) is 1.36. The lowest BCUT2D eigenvalue weighted by molar-refractivity contribution is -0.156. The number of hydrogen-bond donors (Lipinski definition) is 2. The van der Waals surface area contributed by atoms with Gasteiger partial charge in [0, 0.05) is 0 Å². The van der Waals surface area contributed by atoms with Gasteiger partial charge in [0.15, 0.2) is 0 Å². The van der Waals surface area contributed by atoms with Crippen LogP contribution in [0.25, 0.3) is 0 Å². The molecule has 4 nitrogen and oxygen atoms in total. The summed E-state index contributed by atoms with van der Waals surface area (Å²) >= 11 is 0. The summed E-state index contributed by atoms with van der Waals surface area (Å²) in [6.07, 6.45) is 4.88. The standard InChI is InChI=1S/C12H26N2O2/c1-12(2,3)16-11(15)10(14)8-6-4-5-7-9-13/h10H,4-9,13-14H2,1-3H3. The minimum atomic E-state index is -0.489. The maximum absolute atomic E-state index is 11.5. The minimum absolute atomic E-state index is 0.300. The van der Waals surface area contributed by atoms with E-state index in [-0.39, 0.29) is 5.97 Å². The molecule has 96 valence electrons. The second-order valence-corrected chi connectivity index (χ2v) is 5.13. The lowest BCUT2D eigenvalue weighted by Gasteiger charge is -2.22. The van der Waals surface area contributed by atoms with Crippen molar-refractivity contribution in [3.8, 4) is 0 Å². The third-order valence-electron chi connectivity index (χ3n) is 2.18. The number of esters is 1. The van der Waals surface area contributed by atoms with Crippen molar-refractivity contribution >= 4 is 5.97 Å². The Labute approximate surface area is 98.7 Å². The molecule has 1 unspecified atom stereocenters. The van der Waals surface area contributed by atoms with Gasteiger partial charge in [0.1, 0.15) is 11.6 Å². The molecule has 0 aromatic heterocycles. The second-order valence-electron chi connectivity index (χ2n) is 5.13. The Morgan fingerprint density at radius 3 is 2.25 bits per heavy atom. The number of nitrogens with two attached hydrogens (primary N) is 2. The van der Waals surface area contributed by atoms with Gasteiger partial charge in [0.05, 0.1) is 0 Å². The van der Waals surface area contributed by atoms with Gasteiger partial charge in [-0.3, -0.25) is 4.79 Å². The zero-order valence-corrected chi connectivity index (χ0v) is 10.8. The zero-order valence-electron chi connectivity index (χ0n) is 10.8. The van der Waals surface area contributed by atoms with Crippen LogP contribution in [0.3, 0.4) is 0 Å². The molecule has 0 aromatic carbocycles. The van der Waals surface area contributed by atoms with Gasteiger partial charge in [0.25, 0.3) is 0 Å². The summed E-state index contributed by atoms with van der Waals surface area (Å²) < 4.78 is 5.19. The molecule has 4 N–H and O–H groups in total. The van der Waals surface area contributed by atoms with E-state index in [2.05, 4.69) is 0 Å². The van der Waals surface area contributed by atoms with Crippen molar-refractivity contribution < 1.29 is 9.53 Å². The monoisotopic (exact) mass is 230 g/mol. The third kappa shape index (κ3) is 8.68. The van der Waals surface area contributed by atoms with Crippen LogP contribution >= 0.6 is 0 Å². The molecule has 0 aliphatic carbocycles. The average Bonchev–Trinajstić information content (AvgIpc) is 2.14. The Morgan fingerprint density at radius 1 is 1.19 bits per heavy atom. The molecule has 0 aliphatic rings. The highest BCUT2D eigenvalue weighted by molar-refractivity contribution is 5.75. The Balaban J connectivity index is 3.64. The molecular formula is C12H26N2O2. The van der Waals surface area contributed by atoms with Gasteiger partial charge < -0.3 is 16.2 Å². The molecule has 0 rings (SSSR count). The van der Waals surface area contributed by atoms with Crippen LogP contribution in [0.2, 0.25) is 0 Å². The maximum atomic E-state index is 11.5. The molecule has 1 atom stereocenters. The summed E-state index contributed by atoms with van der Waals surface area (Å²) in [5.41, 5.74) is 10.7. The first-order chi connectivity index (χ1) is 7.37. The molecular weight excluding hydrogens is 204 g/mol. The number of ether oxygens (including phenoxy) is 1. The van der Waals surface area contributed by atoms with Crippen molar-refractivity contribution in [3.63, 3.8) is 0 Å². The van der Waals surface area contributed by atoms with Crippen molar-refractivity contribution in [2.45, 2.75) is 64.5 Å². The highest BCUT2D eigenvalue weighted by Gasteiger charge is 2.21. The van der Waals surface area contributed by atoms with E-state index in [1.807, 2.05) is 20.8 Å². The Morgan fingerprint density at radius 2 is 1.75 bits per heavy atom. The van der Waals surface area contributed by atoms with Crippen molar-refractivity contribution in [2.24, 2.45) is 11.5 Å². The van der Waals surface area contributed by atoms with Gasteiger partial charge in [-0.25, -0.2) is 0 Å². The summed E-state index contributed by atoms with van der Waals surface area (Å²) in [6, 6.07) is -0.489. The van der Waals surface area contributed by atoms with Crippen LogP contribution in [0.4, 0.5) is 0 Å². The molecule has 0 radical (unpaired) electrons. The molecule has 4 heteroatoms. The van der Waals surface area contributed by atoms with E-state index < -0.39 is 11.6 Å². The molecule has 0 bridgehead atoms. The van der Waals surface area contributed by atoms with Crippen LogP contribution in [-0.2, 0) is 9.53 Å². The molecule has 16 heavy (non-hydrogen) atoms. The van der Waals surface area contributed by atoms with Crippen molar-refractivity contribution in [1.82, 2.24) is 0 Å². The molecule has 0 spiro atoms. The van der Waals surface area contributed by atoms with E-state index in [0.717, 1.165) is 32.2 Å². The SMILES string of the molecule is CC(C)(C)OC(=O)C(N)CCCCCCN. The highest BCUT2D eigenvalue weighted by atomic mass is 16.6. The number of carbonyl (C=O) groups is 1. The molecule has 0 aliphatic heterocycles. The fourth-order valence-electron chi connectivity index (χ4n) is 1.36. The van der Waals surface area contributed by atoms with Gasteiger partial charge in [0.2, 0.25) is 0 Å². The van der Waals surface area contributed by atoms with Crippen LogP contribution in [0.15, 0.2) is 0 Å². The van der Waals surface area contributed by atoms with Gasteiger partial charge >= 0.3 is 5.97 Å². The summed E-state index contributed by atoms with van der Waals surface area (Å²) in [5, 5.41) is 0. The first-order valence-corrected chi connectivity index (χ1v) is 6.05. The number of hydrogen-bond acceptors (Lipinski definition) is 4. The average molecular weight is 230 g/mol. The minimum Gasteiger partial charge on any atom is -0.459 e. The van der Waals surface area contributed by atoms with Gasteiger partial charge in [-0.2, -0.15) is 0 Å². The van der Waals surface area contributed by atoms with Crippen LogP contribution < -0.4 is 11.5 Å². The Hall–Kier alpha value is -0.610. The van der Waals surface area contributed by atoms with Crippen LogP contribution in [0.1, 0.15) is 52.9 Å². The molecule has 0 aromatic rings. The maximum Gasteiger partial charge on any atom is 0.323 e. The van der Waals surface area contributed by atoms with E-state index >= 15 is 0 Å². The molecule has 0 heterocycles. The smallest absolute Gasteiger partial charge is 0.323 e. The van der Waals surface area contributed by atoms with Crippen LogP contribution in [0, 0.1) is 0 Å². The second kappa shape index (κ2) is 7.63. The predicted molar refractivity (Wildman–Crippen MR) is 66.0 cm³/mol. The van der Waals surface area contributed by atoms with Crippen LogP contribution in [-0.4, -0.2) is 24.2 Å². The summed E-state index contributed by atoms with van der Waals surface area (Å²) in [7, 11) is 0. The van der Waals surface area contributed by atoms with E-state index in [1.54, 1.807) is 0 Å². The van der Waals surface area contributed by atoms with E-state index in [1.165, 1.54) is 0 Å². The quantitative estimate of drug-likeness (QED) is 0.514.